The molecule has 0 N–H and O–H groups in total. The molecule has 0 radical (unpaired) electrons. The highest BCUT2D eigenvalue weighted by Gasteiger charge is 2.39. The van der Waals surface area contributed by atoms with Gasteiger partial charge in [0, 0.05) is 12.3 Å². The van der Waals surface area contributed by atoms with E-state index in [-0.39, 0.29) is 22.8 Å². The quantitative estimate of drug-likeness (QED) is 0.188. The Hall–Kier alpha value is -1.49. The normalized spacial score (nSPS) is 14.8. The summed E-state index contributed by atoms with van der Waals surface area (Å²) in [6.45, 7) is 20.3. The second-order valence-corrected chi connectivity index (χ2v) is 13.8. The predicted octanol–water partition coefficient (Wildman–Crippen LogP) is 6.32. The maximum Gasteiger partial charge on any atom is 0.192 e. The van der Waals surface area contributed by atoms with Gasteiger partial charge in [0.1, 0.15) is 0 Å². The number of ketones is 1. The molecule has 28 heavy (non-hydrogen) atoms. The van der Waals surface area contributed by atoms with Gasteiger partial charge in [0.15, 0.2) is 14.1 Å². The topological polar surface area (TPSA) is 35.5 Å². The molecular weight excluding hydrogens is 364 g/mol. The van der Waals surface area contributed by atoms with Gasteiger partial charge in [0.05, 0.1) is 19.3 Å². The first-order chi connectivity index (χ1) is 12.9. The van der Waals surface area contributed by atoms with Crippen LogP contribution >= 0.6 is 0 Å². The van der Waals surface area contributed by atoms with Crippen molar-refractivity contribution in [2.45, 2.75) is 71.9 Å². The van der Waals surface area contributed by atoms with Gasteiger partial charge in [-0.05, 0) is 36.7 Å². The van der Waals surface area contributed by atoms with Crippen molar-refractivity contribution in [1.29, 1.82) is 0 Å². The first-order valence-electron chi connectivity index (χ1n) is 10.1. The van der Waals surface area contributed by atoms with Crippen LogP contribution in [0.3, 0.4) is 0 Å². The third-order valence-corrected chi connectivity index (χ3v) is 10.1. The van der Waals surface area contributed by atoms with Crippen molar-refractivity contribution in [2.24, 2.45) is 5.92 Å². The Labute approximate surface area is 173 Å². The molecule has 0 heterocycles. The van der Waals surface area contributed by atoms with E-state index in [2.05, 4.69) is 47.4 Å². The second kappa shape index (κ2) is 10.9. The van der Waals surface area contributed by atoms with Gasteiger partial charge in [-0.15, -0.1) is 0 Å². The Bertz CT molecular complexity index is 656. The maximum absolute atomic E-state index is 12.3. The van der Waals surface area contributed by atoms with Crippen molar-refractivity contribution in [1.82, 2.24) is 0 Å². The number of ether oxygens (including phenoxy) is 1. The van der Waals surface area contributed by atoms with E-state index in [4.69, 9.17) is 9.16 Å². The van der Waals surface area contributed by atoms with Crippen LogP contribution in [-0.2, 0) is 20.6 Å². The molecule has 1 aromatic carbocycles. The molecule has 0 aliphatic carbocycles. The number of rotatable bonds is 11. The Morgan fingerprint density at radius 1 is 1.21 bits per heavy atom. The van der Waals surface area contributed by atoms with Crippen molar-refractivity contribution < 1.29 is 14.0 Å². The summed E-state index contributed by atoms with van der Waals surface area (Å²) in [7, 11) is -1.95. The average Bonchev–Trinajstić information content (AvgIpc) is 2.61. The molecule has 2 atom stereocenters. The Balaban J connectivity index is 2.62. The maximum atomic E-state index is 12.3. The van der Waals surface area contributed by atoms with Gasteiger partial charge in [-0.1, -0.05) is 76.3 Å². The van der Waals surface area contributed by atoms with Gasteiger partial charge >= 0.3 is 0 Å². The summed E-state index contributed by atoms with van der Waals surface area (Å²) in [5, 5.41) is 0.114. The average molecular weight is 403 g/mol. The van der Waals surface area contributed by atoms with Crippen LogP contribution < -0.4 is 0 Å². The monoisotopic (exact) mass is 402 g/mol. The highest BCUT2D eigenvalue weighted by atomic mass is 28.4. The molecular formula is C24H38O3Si. The second-order valence-electron chi connectivity index (χ2n) is 9.09. The third kappa shape index (κ3) is 8.25. The highest BCUT2D eigenvalue weighted by molar-refractivity contribution is 6.74. The summed E-state index contributed by atoms with van der Waals surface area (Å²) in [6.07, 6.45) is 3.81. The fourth-order valence-electron chi connectivity index (χ4n) is 2.33. The molecule has 0 amide bonds. The van der Waals surface area contributed by atoms with Crippen LogP contribution in [0.4, 0.5) is 0 Å². The number of allylic oxidation sites excluding steroid dienone is 1. The molecule has 1 rings (SSSR count). The Kier molecular flexibility index (Phi) is 9.55. The van der Waals surface area contributed by atoms with Gasteiger partial charge in [-0.25, -0.2) is 0 Å². The molecule has 3 nitrogen and oxygen atoms in total. The van der Waals surface area contributed by atoms with Crippen LogP contribution in [-0.4, -0.2) is 26.8 Å². The van der Waals surface area contributed by atoms with Crippen molar-refractivity contribution >= 4 is 14.1 Å². The van der Waals surface area contributed by atoms with Crippen LogP contribution in [0.2, 0.25) is 18.1 Å². The van der Waals surface area contributed by atoms with E-state index in [1.165, 1.54) is 0 Å². The number of carbonyl (C=O) groups is 1. The van der Waals surface area contributed by atoms with Crippen molar-refractivity contribution in [3.63, 3.8) is 0 Å². The Morgan fingerprint density at radius 2 is 1.82 bits per heavy atom. The molecule has 0 aromatic heterocycles. The van der Waals surface area contributed by atoms with E-state index in [0.717, 1.165) is 11.1 Å². The third-order valence-electron chi connectivity index (χ3n) is 5.58. The molecule has 0 fully saturated rings. The van der Waals surface area contributed by atoms with Crippen molar-refractivity contribution in [3.05, 3.63) is 60.2 Å². The van der Waals surface area contributed by atoms with E-state index >= 15 is 0 Å². The van der Waals surface area contributed by atoms with E-state index in [1.54, 1.807) is 6.08 Å². The number of benzene rings is 1. The summed E-state index contributed by atoms with van der Waals surface area (Å²) >= 11 is 0. The zero-order valence-corrected chi connectivity index (χ0v) is 19.7. The molecule has 0 spiro atoms. The van der Waals surface area contributed by atoms with Crippen LogP contribution in [0, 0.1) is 5.92 Å². The van der Waals surface area contributed by atoms with Gasteiger partial charge < -0.3 is 9.16 Å². The predicted molar refractivity (Wildman–Crippen MR) is 121 cm³/mol. The summed E-state index contributed by atoms with van der Waals surface area (Å²) in [5.41, 5.74) is 2.18. The minimum atomic E-state index is -1.95. The molecule has 156 valence electrons. The Morgan fingerprint density at radius 3 is 2.36 bits per heavy atom. The number of hydrogen-bond acceptors (Lipinski definition) is 3. The summed E-state index contributed by atoms with van der Waals surface area (Å²) in [6, 6.07) is 9.98. The van der Waals surface area contributed by atoms with Crippen molar-refractivity contribution in [3.8, 4) is 0 Å². The van der Waals surface area contributed by atoms with E-state index in [0.29, 0.717) is 19.6 Å². The lowest BCUT2D eigenvalue weighted by Gasteiger charge is -2.40. The van der Waals surface area contributed by atoms with Gasteiger partial charge in [0.25, 0.3) is 0 Å². The smallest absolute Gasteiger partial charge is 0.192 e. The number of carbonyl (C=O) groups excluding carboxylic acids is 1. The highest BCUT2D eigenvalue weighted by Crippen LogP contribution is 2.38. The van der Waals surface area contributed by atoms with E-state index in [1.807, 2.05) is 43.3 Å². The van der Waals surface area contributed by atoms with Crippen LogP contribution in [0.5, 0.6) is 0 Å². The van der Waals surface area contributed by atoms with Gasteiger partial charge in [0.2, 0.25) is 0 Å². The van der Waals surface area contributed by atoms with E-state index < -0.39 is 8.32 Å². The largest absolute Gasteiger partial charge is 0.410 e. The fraction of sp³-hybridized carbons (Fsp3) is 0.542. The summed E-state index contributed by atoms with van der Waals surface area (Å²) < 4.78 is 12.2. The van der Waals surface area contributed by atoms with Crippen LogP contribution in [0.15, 0.2) is 54.6 Å². The molecule has 0 bridgehead atoms. The molecule has 0 saturated carbocycles. The van der Waals surface area contributed by atoms with Gasteiger partial charge in [-0.2, -0.15) is 0 Å². The SMILES string of the molecule is C=C(C)[C@@H](C)[C@H](/C=C/C(=O)CCOCc1ccccc1)O[Si](C)(C)C(C)(C)C. The molecule has 0 aliphatic heterocycles. The van der Waals surface area contributed by atoms with E-state index in [9.17, 15) is 4.79 Å². The lowest BCUT2D eigenvalue weighted by molar-refractivity contribution is -0.115. The first-order valence-corrected chi connectivity index (χ1v) is 13.0. The summed E-state index contributed by atoms with van der Waals surface area (Å²) in [4.78, 5) is 12.3. The lowest BCUT2D eigenvalue weighted by atomic mass is 9.97. The lowest BCUT2D eigenvalue weighted by Crippen LogP contribution is -2.45. The molecule has 0 aliphatic rings. The minimum Gasteiger partial charge on any atom is -0.410 e. The molecule has 0 saturated heterocycles. The van der Waals surface area contributed by atoms with Crippen LogP contribution in [0.25, 0.3) is 0 Å². The fourth-order valence-corrected chi connectivity index (χ4v) is 3.64. The first kappa shape index (κ1) is 24.5. The van der Waals surface area contributed by atoms with Crippen molar-refractivity contribution in [2.75, 3.05) is 6.61 Å². The zero-order chi connectivity index (χ0) is 21.4. The van der Waals surface area contributed by atoms with Crippen LogP contribution in [0.1, 0.15) is 46.6 Å². The standard InChI is InChI=1S/C24H38O3Si/c1-19(2)20(3)23(27-28(7,8)24(4,5)6)15-14-22(25)16-17-26-18-21-12-10-9-11-13-21/h9-15,20,23H,1,16-18H2,2-8H3/b15-14+/t20-,23+/m1/s1. The van der Waals surface area contributed by atoms with Gasteiger partial charge in [-0.3, -0.25) is 4.79 Å². The summed E-state index contributed by atoms with van der Waals surface area (Å²) in [5.74, 6) is 0.221. The zero-order valence-electron chi connectivity index (χ0n) is 18.7. The molecule has 1 aromatic rings. The molecule has 0 unspecified atom stereocenters. The number of hydrogen-bond donors (Lipinski definition) is 0. The minimum absolute atomic E-state index is 0.0609. The molecule has 4 heteroatoms.